The van der Waals surface area contributed by atoms with Gasteiger partial charge in [0.2, 0.25) is 0 Å². The fourth-order valence-corrected chi connectivity index (χ4v) is 1.40. The summed E-state index contributed by atoms with van der Waals surface area (Å²) < 4.78 is 1.88. The Morgan fingerprint density at radius 1 is 1.50 bits per heavy atom. The van der Waals surface area contributed by atoms with Gasteiger partial charge in [-0.1, -0.05) is 0 Å². The van der Waals surface area contributed by atoms with E-state index in [1.165, 1.54) is 0 Å². The number of hydrogen-bond donors (Lipinski definition) is 0. The lowest BCUT2D eigenvalue weighted by Crippen LogP contribution is -2.17. The van der Waals surface area contributed by atoms with Gasteiger partial charge in [0.1, 0.15) is 5.78 Å². The van der Waals surface area contributed by atoms with E-state index in [0.29, 0.717) is 18.9 Å². The lowest BCUT2D eigenvalue weighted by atomic mass is 10.1. The fourth-order valence-electron chi connectivity index (χ4n) is 1.40. The molecule has 0 radical (unpaired) electrons. The molecule has 0 fully saturated rings. The topological polar surface area (TPSA) is 38.1 Å². The van der Waals surface area contributed by atoms with Crippen molar-refractivity contribution >= 4 is 5.78 Å². The van der Waals surface area contributed by atoms with Crippen molar-refractivity contribution in [1.29, 1.82) is 0 Å². The maximum atomic E-state index is 11.6. The molecule has 16 heavy (non-hydrogen) atoms. The fraction of sp³-hybridized carbons (Fsp3) is 0.667. The van der Waals surface area contributed by atoms with Crippen LogP contribution in [0.25, 0.3) is 0 Å². The molecule has 0 unspecified atom stereocenters. The zero-order chi connectivity index (χ0) is 12.1. The summed E-state index contributed by atoms with van der Waals surface area (Å²) in [5.74, 6) is 0.253. The third kappa shape index (κ3) is 4.14. The number of nitrogens with zero attached hydrogens (tertiary/aromatic N) is 3. The van der Waals surface area contributed by atoms with Gasteiger partial charge in [0.05, 0.1) is 12.1 Å². The Balaban J connectivity index is 2.43. The third-order valence-corrected chi connectivity index (χ3v) is 2.41. The molecular formula is C12H21N3O. The van der Waals surface area contributed by atoms with E-state index in [1.54, 1.807) is 0 Å². The normalized spacial score (nSPS) is 11.4. The van der Waals surface area contributed by atoms with Gasteiger partial charge in [0, 0.05) is 25.2 Å². The first-order valence-corrected chi connectivity index (χ1v) is 5.69. The molecule has 1 rings (SSSR count). The lowest BCUT2D eigenvalue weighted by molar-refractivity contribution is -0.118. The second-order valence-corrected chi connectivity index (χ2v) is 4.65. The van der Waals surface area contributed by atoms with E-state index in [2.05, 4.69) is 18.9 Å². The van der Waals surface area contributed by atoms with E-state index in [4.69, 9.17) is 0 Å². The molecule has 0 aliphatic rings. The van der Waals surface area contributed by atoms with Crippen LogP contribution in [0.2, 0.25) is 0 Å². The van der Waals surface area contributed by atoms with Crippen LogP contribution in [0.4, 0.5) is 0 Å². The monoisotopic (exact) mass is 223 g/mol. The smallest absolute Gasteiger partial charge is 0.140 e. The maximum absolute atomic E-state index is 11.6. The van der Waals surface area contributed by atoms with Gasteiger partial charge in [0.15, 0.2) is 0 Å². The number of Topliss-reactive ketones (excluding diaryl/α,β-unsaturated/α-hetero) is 1. The molecule has 1 aromatic rings. The summed E-state index contributed by atoms with van der Waals surface area (Å²) in [4.78, 5) is 13.6. The Kier molecular flexibility index (Phi) is 4.68. The summed E-state index contributed by atoms with van der Waals surface area (Å²) in [6, 6.07) is 2.28. The van der Waals surface area contributed by atoms with E-state index in [0.717, 1.165) is 12.2 Å². The van der Waals surface area contributed by atoms with Crippen LogP contribution in [0.3, 0.4) is 0 Å². The molecule has 0 aliphatic carbocycles. The van der Waals surface area contributed by atoms with Gasteiger partial charge >= 0.3 is 0 Å². The summed E-state index contributed by atoms with van der Waals surface area (Å²) in [6.07, 6.45) is 2.98. The molecule has 0 aliphatic heterocycles. The number of rotatable bonds is 6. The molecule has 0 spiro atoms. The highest BCUT2D eigenvalue weighted by molar-refractivity contribution is 5.80. The summed E-state index contributed by atoms with van der Waals surface area (Å²) in [7, 11) is 3.95. The van der Waals surface area contributed by atoms with Gasteiger partial charge < -0.3 is 4.90 Å². The van der Waals surface area contributed by atoms with E-state index in [-0.39, 0.29) is 5.78 Å². The lowest BCUT2D eigenvalue weighted by Gasteiger charge is -2.07. The van der Waals surface area contributed by atoms with Crippen LogP contribution in [0.5, 0.6) is 0 Å². The Labute approximate surface area is 97.2 Å². The highest BCUT2D eigenvalue weighted by atomic mass is 16.1. The highest BCUT2D eigenvalue weighted by Crippen LogP contribution is 2.05. The van der Waals surface area contributed by atoms with E-state index < -0.39 is 0 Å². The van der Waals surface area contributed by atoms with Crippen molar-refractivity contribution in [3.8, 4) is 0 Å². The van der Waals surface area contributed by atoms with E-state index >= 15 is 0 Å². The van der Waals surface area contributed by atoms with Crippen molar-refractivity contribution in [3.63, 3.8) is 0 Å². The van der Waals surface area contributed by atoms with Crippen LogP contribution in [0, 0.1) is 0 Å². The maximum Gasteiger partial charge on any atom is 0.140 e. The molecule has 0 saturated carbocycles. The van der Waals surface area contributed by atoms with Crippen LogP contribution in [0.1, 0.15) is 32.0 Å². The Hall–Kier alpha value is -1.16. The minimum Gasteiger partial charge on any atom is -0.309 e. The molecule has 90 valence electrons. The predicted octanol–water partition coefficient (Wildman–Crippen LogP) is 1.53. The number of ketones is 1. The first kappa shape index (κ1) is 12.9. The van der Waals surface area contributed by atoms with E-state index in [1.807, 2.05) is 35.9 Å². The average molecular weight is 223 g/mol. The minimum atomic E-state index is 0.253. The molecule has 0 atom stereocenters. The van der Waals surface area contributed by atoms with Gasteiger partial charge in [-0.15, -0.1) is 0 Å². The SMILES string of the molecule is CC(C)n1ccc(CC(=O)CCN(C)C)n1. The zero-order valence-electron chi connectivity index (χ0n) is 10.6. The van der Waals surface area contributed by atoms with Gasteiger partial charge in [-0.2, -0.15) is 5.10 Å². The Morgan fingerprint density at radius 2 is 2.19 bits per heavy atom. The number of aromatic nitrogens is 2. The Bertz CT molecular complexity index is 342. The number of hydrogen-bond acceptors (Lipinski definition) is 3. The highest BCUT2D eigenvalue weighted by Gasteiger charge is 2.08. The van der Waals surface area contributed by atoms with Crippen molar-refractivity contribution in [2.24, 2.45) is 0 Å². The van der Waals surface area contributed by atoms with Crippen molar-refractivity contribution in [3.05, 3.63) is 18.0 Å². The Morgan fingerprint density at radius 3 is 2.69 bits per heavy atom. The summed E-state index contributed by atoms with van der Waals surface area (Å²) >= 11 is 0. The summed E-state index contributed by atoms with van der Waals surface area (Å²) in [6.45, 7) is 4.96. The minimum absolute atomic E-state index is 0.253. The molecule has 0 amide bonds. The van der Waals surface area contributed by atoms with Crippen molar-refractivity contribution in [1.82, 2.24) is 14.7 Å². The van der Waals surface area contributed by atoms with Crippen LogP contribution in [0.15, 0.2) is 12.3 Å². The molecule has 1 heterocycles. The molecule has 0 aromatic carbocycles. The third-order valence-electron chi connectivity index (χ3n) is 2.41. The first-order chi connectivity index (χ1) is 7.49. The number of carbonyl (C=O) groups is 1. The van der Waals surface area contributed by atoms with Crippen molar-refractivity contribution in [2.45, 2.75) is 32.7 Å². The quantitative estimate of drug-likeness (QED) is 0.734. The number of carbonyl (C=O) groups excluding carboxylic acids is 1. The second kappa shape index (κ2) is 5.80. The summed E-state index contributed by atoms with van der Waals surface area (Å²) in [5.41, 5.74) is 0.873. The molecule has 0 bridgehead atoms. The van der Waals surface area contributed by atoms with Gasteiger partial charge in [-0.25, -0.2) is 0 Å². The van der Waals surface area contributed by atoms with Gasteiger partial charge in [-0.05, 0) is 34.0 Å². The second-order valence-electron chi connectivity index (χ2n) is 4.65. The van der Waals surface area contributed by atoms with Crippen LogP contribution < -0.4 is 0 Å². The van der Waals surface area contributed by atoms with Gasteiger partial charge in [0.25, 0.3) is 0 Å². The standard InChI is InChI=1S/C12H21N3O/c1-10(2)15-8-5-11(13-15)9-12(16)6-7-14(3)4/h5,8,10H,6-7,9H2,1-4H3. The van der Waals surface area contributed by atoms with E-state index in [9.17, 15) is 4.79 Å². The predicted molar refractivity (Wildman–Crippen MR) is 64.5 cm³/mol. The first-order valence-electron chi connectivity index (χ1n) is 5.69. The van der Waals surface area contributed by atoms with Gasteiger partial charge in [-0.3, -0.25) is 9.48 Å². The van der Waals surface area contributed by atoms with Crippen LogP contribution in [-0.4, -0.2) is 41.1 Å². The zero-order valence-corrected chi connectivity index (χ0v) is 10.6. The molecular weight excluding hydrogens is 202 g/mol. The van der Waals surface area contributed by atoms with Crippen molar-refractivity contribution < 1.29 is 4.79 Å². The molecule has 0 N–H and O–H groups in total. The van der Waals surface area contributed by atoms with Crippen LogP contribution >= 0.6 is 0 Å². The summed E-state index contributed by atoms with van der Waals surface area (Å²) in [5, 5.41) is 4.36. The molecule has 1 aromatic heterocycles. The molecule has 4 heteroatoms. The molecule has 0 saturated heterocycles. The van der Waals surface area contributed by atoms with Crippen molar-refractivity contribution in [2.75, 3.05) is 20.6 Å². The van der Waals surface area contributed by atoms with Crippen LogP contribution in [-0.2, 0) is 11.2 Å². The molecule has 4 nitrogen and oxygen atoms in total. The average Bonchev–Trinajstić information content (AvgIpc) is 2.63. The largest absolute Gasteiger partial charge is 0.309 e.